The van der Waals surface area contributed by atoms with Gasteiger partial charge in [-0.15, -0.1) is 0 Å². The summed E-state index contributed by atoms with van der Waals surface area (Å²) in [5.74, 6) is -0.736. The molecule has 1 amide bonds. The lowest BCUT2D eigenvalue weighted by atomic mass is 10.2. The molecule has 0 saturated carbocycles. The van der Waals surface area contributed by atoms with E-state index in [2.05, 4.69) is 36.9 Å². The Hall–Kier alpha value is -1.08. The lowest BCUT2D eigenvalue weighted by Gasteiger charge is -2.36. The molecule has 0 bridgehead atoms. The number of rotatable bonds is 9. The fourth-order valence-electron chi connectivity index (χ4n) is 1.84. The number of carbonyl (C=O) groups excluding carboxylic acids is 3. The van der Waals surface area contributed by atoms with Crippen LogP contribution in [0.5, 0.6) is 0 Å². The zero-order valence-electron chi connectivity index (χ0n) is 19.5. The van der Waals surface area contributed by atoms with Crippen molar-refractivity contribution in [2.45, 2.75) is 84.4 Å². The molecule has 0 rings (SSSR count). The van der Waals surface area contributed by atoms with E-state index in [0.29, 0.717) is 13.0 Å². The van der Waals surface area contributed by atoms with Gasteiger partial charge in [-0.1, -0.05) is 20.8 Å². The van der Waals surface area contributed by atoms with Crippen LogP contribution in [0.4, 0.5) is 9.59 Å². The fourth-order valence-corrected chi connectivity index (χ4v) is 3.03. The largest absolute Gasteiger partial charge is 0.521 e. The Bertz CT molecular complexity index is 586. The van der Waals surface area contributed by atoms with Crippen molar-refractivity contribution in [1.82, 2.24) is 4.90 Å². The van der Waals surface area contributed by atoms with Crippen molar-refractivity contribution in [2.75, 3.05) is 20.2 Å². The van der Waals surface area contributed by atoms with Gasteiger partial charge in [0.15, 0.2) is 31.3 Å². The highest BCUT2D eigenvalue weighted by atomic mass is 127. The average molecular weight is 561 g/mol. The smallest absolute Gasteiger partial charge is 0.444 e. The number of hydrogen-bond donors (Lipinski definition) is 0. The van der Waals surface area contributed by atoms with Crippen molar-refractivity contribution in [3.05, 3.63) is 0 Å². The molecule has 0 fully saturated rings. The Morgan fingerprint density at radius 3 is 2.07 bits per heavy atom. The third-order valence-electron chi connectivity index (χ3n) is 4.48. The number of halogens is 1. The second kappa shape index (κ2) is 12.1. The van der Waals surface area contributed by atoms with Crippen molar-refractivity contribution in [3.8, 4) is 0 Å². The molecule has 176 valence electrons. The highest BCUT2D eigenvalue weighted by Crippen LogP contribution is 2.36. The molecule has 0 aliphatic heterocycles. The summed E-state index contributed by atoms with van der Waals surface area (Å²) < 4.78 is 25.9. The van der Waals surface area contributed by atoms with Crippen molar-refractivity contribution >= 4 is 49.5 Å². The van der Waals surface area contributed by atoms with Crippen LogP contribution in [0.2, 0.25) is 18.1 Å². The van der Waals surface area contributed by atoms with Gasteiger partial charge in [-0.25, -0.2) is 9.59 Å². The standard InChI is InChI=1S/C19H36INO8Si/c1-18(2,3)28-16(23)21(7)13-14(22)26-15(27-17(24)29-20)11-10-12-25-30(8,9)19(4,5)6/h15H,10-13H2,1-9H3. The van der Waals surface area contributed by atoms with Gasteiger partial charge in [0.05, 0.1) is 0 Å². The molecule has 0 aromatic heterocycles. The summed E-state index contributed by atoms with van der Waals surface area (Å²) >= 11 is 1.38. The molecule has 0 saturated heterocycles. The summed E-state index contributed by atoms with van der Waals surface area (Å²) in [7, 11) is -0.487. The van der Waals surface area contributed by atoms with Gasteiger partial charge in [0.2, 0.25) is 0 Å². The Balaban J connectivity index is 4.73. The van der Waals surface area contributed by atoms with E-state index in [0.717, 1.165) is 4.90 Å². The minimum Gasteiger partial charge on any atom is -0.444 e. The van der Waals surface area contributed by atoms with Gasteiger partial charge in [0.1, 0.15) is 12.1 Å². The molecule has 0 spiro atoms. The summed E-state index contributed by atoms with van der Waals surface area (Å²) in [6.45, 7) is 16.0. The van der Waals surface area contributed by atoms with Crippen molar-refractivity contribution in [3.63, 3.8) is 0 Å². The van der Waals surface area contributed by atoms with E-state index in [9.17, 15) is 14.4 Å². The third kappa shape index (κ3) is 11.9. The number of likely N-dealkylation sites (N-methyl/N-ethyl adjacent to an activating group) is 1. The van der Waals surface area contributed by atoms with Crippen LogP contribution in [0.1, 0.15) is 54.4 Å². The minimum atomic E-state index is -1.90. The van der Waals surface area contributed by atoms with E-state index >= 15 is 0 Å². The van der Waals surface area contributed by atoms with Gasteiger partial charge >= 0.3 is 18.2 Å². The first-order valence-electron chi connectivity index (χ1n) is 9.75. The second-order valence-electron chi connectivity index (χ2n) is 9.45. The first-order valence-corrected chi connectivity index (χ1v) is 13.5. The molecular formula is C19H36INO8Si. The molecule has 0 aromatic rings. The lowest BCUT2D eigenvalue weighted by molar-refractivity contribution is -0.171. The minimum absolute atomic E-state index is 0.0760. The van der Waals surface area contributed by atoms with E-state index in [-0.39, 0.29) is 18.0 Å². The predicted octanol–water partition coefficient (Wildman–Crippen LogP) is 5.03. The molecule has 11 heteroatoms. The van der Waals surface area contributed by atoms with Crippen LogP contribution in [0.15, 0.2) is 0 Å². The zero-order chi connectivity index (χ0) is 23.8. The number of carbonyl (C=O) groups is 3. The van der Waals surface area contributed by atoms with Crippen LogP contribution < -0.4 is 0 Å². The fraction of sp³-hybridized carbons (Fsp3) is 0.842. The SMILES string of the molecule is CN(CC(=O)OC(CCCO[Si](C)(C)C(C)(C)C)OC(=O)OI)C(=O)OC(C)(C)C. The number of nitrogens with zero attached hydrogens (tertiary/aromatic N) is 1. The third-order valence-corrected chi connectivity index (χ3v) is 9.38. The lowest BCUT2D eigenvalue weighted by Crippen LogP contribution is -2.41. The van der Waals surface area contributed by atoms with Gasteiger partial charge in [-0.2, -0.15) is 0 Å². The summed E-state index contributed by atoms with van der Waals surface area (Å²) in [5, 5.41) is 0.0760. The van der Waals surface area contributed by atoms with Crippen molar-refractivity contribution < 1.29 is 36.1 Å². The van der Waals surface area contributed by atoms with E-state index in [4.69, 9.17) is 18.6 Å². The first-order chi connectivity index (χ1) is 13.5. The molecule has 0 radical (unpaired) electrons. The van der Waals surface area contributed by atoms with Crippen LogP contribution in [0.25, 0.3) is 0 Å². The predicted molar refractivity (Wildman–Crippen MR) is 123 cm³/mol. The highest BCUT2D eigenvalue weighted by molar-refractivity contribution is 14.1. The molecule has 0 aliphatic rings. The maximum absolute atomic E-state index is 12.2. The van der Waals surface area contributed by atoms with E-state index in [1.807, 2.05) is 0 Å². The summed E-state index contributed by atoms with van der Waals surface area (Å²) in [6, 6.07) is 0. The Labute approximate surface area is 194 Å². The summed E-state index contributed by atoms with van der Waals surface area (Å²) in [5.41, 5.74) is -0.685. The van der Waals surface area contributed by atoms with Gasteiger partial charge in [-0.3, -0.25) is 4.79 Å². The second-order valence-corrected chi connectivity index (χ2v) is 14.7. The van der Waals surface area contributed by atoms with Crippen molar-refractivity contribution in [2.24, 2.45) is 0 Å². The van der Waals surface area contributed by atoms with Gasteiger partial charge in [0, 0.05) is 20.1 Å². The molecule has 0 heterocycles. The van der Waals surface area contributed by atoms with E-state index in [1.165, 1.54) is 30.1 Å². The van der Waals surface area contributed by atoms with Crippen LogP contribution in [-0.4, -0.2) is 63.5 Å². The van der Waals surface area contributed by atoms with Gasteiger partial charge in [0.25, 0.3) is 6.29 Å². The molecule has 0 N–H and O–H groups in total. The molecule has 1 unspecified atom stereocenters. The van der Waals surface area contributed by atoms with Crippen LogP contribution in [0.3, 0.4) is 0 Å². The number of hydrogen-bond acceptors (Lipinski definition) is 8. The Kier molecular flexibility index (Phi) is 11.6. The molecule has 30 heavy (non-hydrogen) atoms. The Morgan fingerprint density at radius 2 is 1.60 bits per heavy atom. The molecule has 0 aromatic carbocycles. The number of amides is 1. The Morgan fingerprint density at radius 1 is 1.03 bits per heavy atom. The molecule has 9 nitrogen and oxygen atoms in total. The number of ether oxygens (including phenoxy) is 3. The van der Waals surface area contributed by atoms with E-state index < -0.39 is 38.4 Å². The highest BCUT2D eigenvalue weighted by Gasteiger charge is 2.37. The monoisotopic (exact) mass is 561 g/mol. The average Bonchev–Trinajstić information content (AvgIpc) is 2.55. The van der Waals surface area contributed by atoms with E-state index in [1.54, 1.807) is 20.8 Å². The number of esters is 1. The van der Waals surface area contributed by atoms with Crippen LogP contribution in [-0.2, 0) is 26.5 Å². The first kappa shape index (κ1) is 28.9. The van der Waals surface area contributed by atoms with Gasteiger partial charge in [-0.05, 0) is 45.3 Å². The maximum Gasteiger partial charge on any atom is 0.521 e. The molecular weight excluding hydrogens is 525 g/mol. The zero-order valence-corrected chi connectivity index (χ0v) is 22.7. The topological polar surface area (TPSA) is 101 Å². The quantitative estimate of drug-likeness (QED) is 0.127. The maximum atomic E-state index is 12.2. The summed E-state index contributed by atoms with van der Waals surface area (Å²) in [6.07, 6.45) is -2.02. The molecule has 0 aliphatic carbocycles. The van der Waals surface area contributed by atoms with Crippen LogP contribution in [0, 0.1) is 0 Å². The van der Waals surface area contributed by atoms with Gasteiger partial charge < -0.3 is 26.6 Å². The normalized spacial score (nSPS) is 13.3. The summed E-state index contributed by atoms with van der Waals surface area (Å²) in [4.78, 5) is 36.7. The van der Waals surface area contributed by atoms with Crippen LogP contribution >= 0.6 is 23.0 Å². The molecule has 1 atom stereocenters. The van der Waals surface area contributed by atoms with Crippen molar-refractivity contribution in [1.29, 1.82) is 0 Å².